The van der Waals surface area contributed by atoms with Crippen molar-refractivity contribution in [3.8, 4) is 0 Å². The van der Waals surface area contributed by atoms with Crippen molar-refractivity contribution in [1.82, 2.24) is 20.0 Å². The Morgan fingerprint density at radius 2 is 2.10 bits per heavy atom. The molecule has 118 valence electrons. The minimum absolute atomic E-state index is 0.219. The number of β-amino-alcohol motifs (C(OH)–C–C–N with tert-alkyl or cyclic N) is 1. The van der Waals surface area contributed by atoms with Crippen molar-refractivity contribution in [1.29, 1.82) is 0 Å². The Hall–Kier alpha value is -1.11. The van der Waals surface area contributed by atoms with Crippen LogP contribution >= 0.6 is 11.6 Å². The molecule has 1 aliphatic heterocycles. The topological polar surface area (TPSA) is 70.4 Å². The lowest BCUT2D eigenvalue weighted by Gasteiger charge is -2.23. The number of aliphatic hydroxyl groups excluding tert-OH is 1. The molecule has 6 nitrogen and oxygen atoms in total. The highest BCUT2D eigenvalue weighted by atomic mass is 35.5. The summed E-state index contributed by atoms with van der Waals surface area (Å²) in [7, 11) is 1.66. The van der Waals surface area contributed by atoms with Crippen LogP contribution in [0.2, 0.25) is 5.02 Å². The van der Waals surface area contributed by atoms with Crippen LogP contribution in [0.15, 0.2) is 6.20 Å². The van der Waals surface area contributed by atoms with Gasteiger partial charge in [-0.15, -0.1) is 0 Å². The third kappa shape index (κ3) is 4.69. The normalized spacial score (nSPS) is 18.2. The first-order chi connectivity index (χ1) is 10.1. The molecule has 1 fully saturated rings. The molecule has 2 N–H and O–H groups in total. The molecule has 1 amide bonds. The fourth-order valence-electron chi connectivity index (χ4n) is 2.64. The molecule has 1 aromatic rings. The van der Waals surface area contributed by atoms with Crippen LogP contribution in [-0.2, 0) is 7.05 Å². The van der Waals surface area contributed by atoms with Gasteiger partial charge in [0.1, 0.15) is 5.69 Å². The number of hydrogen-bond acceptors (Lipinski definition) is 4. The zero-order valence-corrected chi connectivity index (χ0v) is 13.1. The standard InChI is InChI=1S/C14H23ClN4O2/c1-18-13(12(15)9-17-18)14(21)16-8-11(20)10-19-6-4-2-3-5-7-19/h9,11,20H,2-8,10H2,1H3,(H,16,21)/t11-/m1/s1. The molecular formula is C14H23ClN4O2. The van der Waals surface area contributed by atoms with E-state index in [1.807, 2.05) is 0 Å². The van der Waals surface area contributed by atoms with Gasteiger partial charge in [0.15, 0.2) is 0 Å². The molecule has 1 saturated heterocycles. The Bertz CT molecular complexity index is 450. The van der Waals surface area contributed by atoms with E-state index in [0.29, 0.717) is 17.3 Å². The minimum atomic E-state index is -0.570. The number of amides is 1. The maximum Gasteiger partial charge on any atom is 0.271 e. The van der Waals surface area contributed by atoms with Gasteiger partial charge in [0.05, 0.1) is 17.3 Å². The highest BCUT2D eigenvalue weighted by Gasteiger charge is 2.18. The number of aryl methyl sites for hydroxylation is 1. The van der Waals surface area contributed by atoms with Crippen LogP contribution in [0.5, 0.6) is 0 Å². The molecule has 0 radical (unpaired) electrons. The number of likely N-dealkylation sites (tertiary alicyclic amines) is 1. The largest absolute Gasteiger partial charge is 0.390 e. The van der Waals surface area contributed by atoms with Gasteiger partial charge in [0, 0.05) is 20.1 Å². The third-order valence-electron chi connectivity index (χ3n) is 3.78. The first-order valence-corrected chi connectivity index (χ1v) is 7.82. The van der Waals surface area contributed by atoms with Gasteiger partial charge in [-0.25, -0.2) is 0 Å². The zero-order valence-electron chi connectivity index (χ0n) is 12.4. The summed E-state index contributed by atoms with van der Waals surface area (Å²) in [4.78, 5) is 14.3. The molecule has 1 aliphatic rings. The molecule has 0 aromatic carbocycles. The maximum absolute atomic E-state index is 12.0. The van der Waals surface area contributed by atoms with Crippen molar-refractivity contribution >= 4 is 17.5 Å². The molecule has 21 heavy (non-hydrogen) atoms. The number of hydrogen-bond donors (Lipinski definition) is 2. The first-order valence-electron chi connectivity index (χ1n) is 7.44. The van der Waals surface area contributed by atoms with Crippen molar-refractivity contribution in [2.24, 2.45) is 7.05 Å². The number of aromatic nitrogens is 2. The molecule has 7 heteroatoms. The predicted molar refractivity (Wildman–Crippen MR) is 81.5 cm³/mol. The van der Waals surface area contributed by atoms with Gasteiger partial charge in [-0.05, 0) is 25.9 Å². The number of nitrogens with zero attached hydrogens (tertiary/aromatic N) is 3. The van der Waals surface area contributed by atoms with E-state index < -0.39 is 6.10 Å². The average molecular weight is 315 g/mol. The summed E-state index contributed by atoms with van der Waals surface area (Å²) in [6, 6.07) is 0. The Labute approximate surface area is 130 Å². The van der Waals surface area contributed by atoms with Crippen molar-refractivity contribution < 1.29 is 9.90 Å². The Balaban J connectivity index is 1.78. The summed E-state index contributed by atoms with van der Waals surface area (Å²) in [5.41, 5.74) is 0.318. The maximum atomic E-state index is 12.0. The van der Waals surface area contributed by atoms with Gasteiger partial charge in [-0.3, -0.25) is 9.48 Å². The fraction of sp³-hybridized carbons (Fsp3) is 0.714. The second-order valence-corrected chi connectivity index (χ2v) is 5.95. The van der Waals surface area contributed by atoms with Crippen molar-refractivity contribution in [2.75, 3.05) is 26.2 Å². The summed E-state index contributed by atoms with van der Waals surface area (Å²) < 4.78 is 1.43. The predicted octanol–water partition coefficient (Wildman–Crippen LogP) is 1.04. The van der Waals surface area contributed by atoms with E-state index in [4.69, 9.17) is 11.6 Å². The van der Waals surface area contributed by atoms with Crippen LogP contribution in [0.25, 0.3) is 0 Å². The zero-order chi connectivity index (χ0) is 15.2. The van der Waals surface area contributed by atoms with Crippen LogP contribution in [-0.4, -0.2) is 58.0 Å². The molecular weight excluding hydrogens is 292 g/mol. The SMILES string of the molecule is Cn1ncc(Cl)c1C(=O)NC[C@@H](O)CN1CCCCCC1. The van der Waals surface area contributed by atoms with E-state index in [1.165, 1.54) is 36.6 Å². The first kappa shape index (κ1) is 16.3. The van der Waals surface area contributed by atoms with E-state index in [-0.39, 0.29) is 12.5 Å². The van der Waals surface area contributed by atoms with Gasteiger partial charge < -0.3 is 15.3 Å². The van der Waals surface area contributed by atoms with Crippen molar-refractivity contribution in [2.45, 2.75) is 31.8 Å². The summed E-state index contributed by atoms with van der Waals surface area (Å²) >= 11 is 5.91. The van der Waals surface area contributed by atoms with E-state index in [9.17, 15) is 9.90 Å². The Morgan fingerprint density at radius 1 is 1.43 bits per heavy atom. The highest BCUT2D eigenvalue weighted by Crippen LogP contribution is 2.13. The third-order valence-corrected chi connectivity index (χ3v) is 4.05. The van der Waals surface area contributed by atoms with Crippen LogP contribution < -0.4 is 5.32 Å². The molecule has 1 atom stereocenters. The monoisotopic (exact) mass is 314 g/mol. The lowest BCUT2D eigenvalue weighted by atomic mass is 10.2. The summed E-state index contributed by atoms with van der Waals surface area (Å²) in [6.07, 6.45) is 5.77. The molecule has 2 heterocycles. The quantitative estimate of drug-likeness (QED) is 0.852. The molecule has 0 unspecified atom stereocenters. The number of rotatable bonds is 5. The van der Waals surface area contributed by atoms with Crippen LogP contribution in [0.1, 0.15) is 36.2 Å². The molecule has 2 rings (SSSR count). The second kappa shape index (κ2) is 7.77. The fourth-order valence-corrected chi connectivity index (χ4v) is 2.89. The molecule has 0 aliphatic carbocycles. The van der Waals surface area contributed by atoms with Crippen molar-refractivity contribution in [3.05, 3.63) is 16.9 Å². The number of carbonyl (C=O) groups is 1. The van der Waals surface area contributed by atoms with Gasteiger partial charge in [0.2, 0.25) is 0 Å². The van der Waals surface area contributed by atoms with E-state index in [2.05, 4.69) is 15.3 Å². The van der Waals surface area contributed by atoms with Crippen molar-refractivity contribution in [3.63, 3.8) is 0 Å². The molecule has 0 saturated carbocycles. The number of aliphatic hydroxyl groups is 1. The highest BCUT2D eigenvalue weighted by molar-refractivity contribution is 6.33. The lowest BCUT2D eigenvalue weighted by molar-refractivity contribution is 0.0855. The van der Waals surface area contributed by atoms with E-state index >= 15 is 0 Å². The smallest absolute Gasteiger partial charge is 0.271 e. The molecule has 0 bridgehead atoms. The minimum Gasteiger partial charge on any atom is -0.390 e. The van der Waals surface area contributed by atoms with Crippen LogP contribution in [0.4, 0.5) is 0 Å². The number of carbonyl (C=O) groups excluding carboxylic acids is 1. The number of nitrogens with one attached hydrogen (secondary N) is 1. The number of halogens is 1. The summed E-state index contributed by atoms with van der Waals surface area (Å²) in [5.74, 6) is -0.310. The van der Waals surface area contributed by atoms with E-state index in [0.717, 1.165) is 13.1 Å². The van der Waals surface area contributed by atoms with Gasteiger partial charge >= 0.3 is 0 Å². The van der Waals surface area contributed by atoms with Crippen LogP contribution in [0.3, 0.4) is 0 Å². The summed E-state index contributed by atoms with van der Waals surface area (Å²) in [6.45, 7) is 2.87. The van der Waals surface area contributed by atoms with E-state index in [1.54, 1.807) is 7.05 Å². The van der Waals surface area contributed by atoms with Gasteiger partial charge in [-0.2, -0.15) is 5.10 Å². The molecule has 0 spiro atoms. The van der Waals surface area contributed by atoms with Crippen LogP contribution in [0, 0.1) is 0 Å². The molecule has 1 aromatic heterocycles. The summed E-state index contributed by atoms with van der Waals surface area (Å²) in [5, 5.41) is 17.0. The Morgan fingerprint density at radius 3 is 2.67 bits per heavy atom. The lowest BCUT2D eigenvalue weighted by Crippen LogP contribution is -2.41. The average Bonchev–Trinajstić information content (AvgIpc) is 2.67. The van der Waals surface area contributed by atoms with Gasteiger partial charge in [0.25, 0.3) is 5.91 Å². The second-order valence-electron chi connectivity index (χ2n) is 5.54. The van der Waals surface area contributed by atoms with Gasteiger partial charge in [-0.1, -0.05) is 24.4 Å². The Kier molecular flexibility index (Phi) is 6.02.